The van der Waals surface area contributed by atoms with Gasteiger partial charge < -0.3 is 14.5 Å². The van der Waals surface area contributed by atoms with E-state index in [4.69, 9.17) is 27.9 Å². The predicted molar refractivity (Wildman–Crippen MR) is 139 cm³/mol. The van der Waals surface area contributed by atoms with Gasteiger partial charge in [-0.25, -0.2) is 0 Å². The molecule has 0 spiro atoms. The summed E-state index contributed by atoms with van der Waals surface area (Å²) >= 11 is 14.0. The summed E-state index contributed by atoms with van der Waals surface area (Å²) in [6, 6.07) is 18.7. The van der Waals surface area contributed by atoms with Gasteiger partial charge in [-0.05, 0) is 49.2 Å². The van der Waals surface area contributed by atoms with E-state index in [0.717, 1.165) is 10.4 Å². The Morgan fingerprint density at radius 2 is 1.74 bits per heavy atom. The minimum absolute atomic E-state index is 0.0569. The van der Waals surface area contributed by atoms with Gasteiger partial charge in [0.05, 0.1) is 17.1 Å². The number of nitrogens with zero attached hydrogens (tertiary/aromatic N) is 2. The van der Waals surface area contributed by atoms with Crippen LogP contribution in [0.25, 0.3) is 0 Å². The molecule has 5 nitrogen and oxygen atoms in total. The zero-order valence-electron chi connectivity index (χ0n) is 19.3. The Bertz CT molecular complexity index is 1100. The van der Waals surface area contributed by atoms with E-state index in [1.165, 1.54) is 15.8 Å². The molecule has 2 aromatic carbocycles. The molecule has 1 heterocycles. The van der Waals surface area contributed by atoms with Gasteiger partial charge in [0.15, 0.2) is 0 Å². The molecule has 0 unspecified atom stereocenters. The first-order valence-corrected chi connectivity index (χ1v) is 12.5. The SMILES string of the molecule is COCCCN(CC(=O)N(Cc1ccccc1)Cc1ccc(C)s1)C(=O)c1ccc(Cl)cc1Cl. The van der Waals surface area contributed by atoms with Crippen molar-refractivity contribution in [1.82, 2.24) is 9.80 Å². The van der Waals surface area contributed by atoms with E-state index in [1.807, 2.05) is 49.4 Å². The van der Waals surface area contributed by atoms with Gasteiger partial charge in [-0.2, -0.15) is 0 Å². The Morgan fingerprint density at radius 1 is 0.971 bits per heavy atom. The van der Waals surface area contributed by atoms with Crippen molar-refractivity contribution in [2.45, 2.75) is 26.4 Å². The van der Waals surface area contributed by atoms with Crippen LogP contribution in [0.5, 0.6) is 0 Å². The zero-order valence-corrected chi connectivity index (χ0v) is 21.6. The van der Waals surface area contributed by atoms with Crippen LogP contribution in [0.3, 0.4) is 0 Å². The first kappa shape index (κ1) is 26.2. The molecule has 0 N–H and O–H groups in total. The molecule has 0 saturated carbocycles. The number of amides is 2. The molecular formula is C26H28Cl2N2O3S. The van der Waals surface area contributed by atoms with Gasteiger partial charge in [-0.1, -0.05) is 53.5 Å². The van der Waals surface area contributed by atoms with Crippen molar-refractivity contribution in [3.05, 3.63) is 91.6 Å². The molecule has 0 aliphatic rings. The van der Waals surface area contributed by atoms with Crippen LogP contribution in [0.2, 0.25) is 10.0 Å². The minimum atomic E-state index is -0.308. The second-order valence-corrected chi connectivity index (χ2v) is 10.2. The highest BCUT2D eigenvalue weighted by atomic mass is 35.5. The molecule has 0 fully saturated rings. The number of rotatable bonds is 11. The van der Waals surface area contributed by atoms with E-state index in [0.29, 0.717) is 43.2 Å². The average molecular weight is 519 g/mol. The van der Waals surface area contributed by atoms with E-state index in [2.05, 4.69) is 0 Å². The fourth-order valence-electron chi connectivity index (χ4n) is 3.54. The lowest BCUT2D eigenvalue weighted by atomic mass is 10.1. The molecule has 0 aliphatic heterocycles. The van der Waals surface area contributed by atoms with Gasteiger partial charge in [-0.15, -0.1) is 11.3 Å². The quantitative estimate of drug-likeness (QED) is 0.289. The smallest absolute Gasteiger partial charge is 0.255 e. The normalized spacial score (nSPS) is 10.8. The number of halogens is 2. The Labute approximate surface area is 214 Å². The first-order chi connectivity index (χ1) is 16.4. The standard InChI is InChI=1S/C26H28Cl2N2O3S/c1-19-9-11-22(34-19)17-30(16-20-7-4-3-5-8-20)25(31)18-29(13-6-14-33-2)26(32)23-12-10-21(27)15-24(23)28/h3-5,7-12,15H,6,13-14,16-18H2,1-2H3. The highest BCUT2D eigenvalue weighted by Gasteiger charge is 2.24. The molecular weight excluding hydrogens is 491 g/mol. The fraction of sp³-hybridized carbons (Fsp3) is 0.308. The Hall–Kier alpha value is -2.38. The number of hydrogen-bond acceptors (Lipinski definition) is 4. The summed E-state index contributed by atoms with van der Waals surface area (Å²) < 4.78 is 5.15. The number of benzene rings is 2. The monoisotopic (exact) mass is 518 g/mol. The van der Waals surface area contributed by atoms with Crippen LogP contribution < -0.4 is 0 Å². The van der Waals surface area contributed by atoms with Crippen LogP contribution in [-0.4, -0.2) is 48.4 Å². The first-order valence-electron chi connectivity index (χ1n) is 11.0. The zero-order chi connectivity index (χ0) is 24.5. The second-order valence-electron chi connectivity index (χ2n) is 7.94. The molecule has 0 bridgehead atoms. The summed E-state index contributed by atoms with van der Waals surface area (Å²) in [7, 11) is 1.61. The van der Waals surface area contributed by atoms with E-state index in [9.17, 15) is 9.59 Å². The summed E-state index contributed by atoms with van der Waals surface area (Å²) in [6.07, 6.45) is 0.601. The highest BCUT2D eigenvalue weighted by Crippen LogP contribution is 2.23. The maximum Gasteiger partial charge on any atom is 0.255 e. The van der Waals surface area contributed by atoms with Crippen LogP contribution in [0.1, 0.15) is 32.1 Å². The number of carbonyl (C=O) groups excluding carboxylic acids is 2. The summed E-state index contributed by atoms with van der Waals surface area (Å²) in [5.74, 6) is -0.441. The van der Waals surface area contributed by atoms with Gasteiger partial charge in [0.2, 0.25) is 5.91 Å². The van der Waals surface area contributed by atoms with Gasteiger partial charge in [0.1, 0.15) is 6.54 Å². The largest absolute Gasteiger partial charge is 0.385 e. The maximum absolute atomic E-state index is 13.5. The van der Waals surface area contributed by atoms with Crippen molar-refractivity contribution in [2.24, 2.45) is 0 Å². The second kappa shape index (κ2) is 12.9. The number of aryl methyl sites for hydroxylation is 1. The van der Waals surface area contributed by atoms with Gasteiger partial charge in [-0.3, -0.25) is 9.59 Å². The number of thiophene rings is 1. The third-order valence-corrected chi connectivity index (χ3v) is 6.80. The Morgan fingerprint density at radius 3 is 2.38 bits per heavy atom. The Balaban J connectivity index is 1.82. The molecule has 8 heteroatoms. The summed E-state index contributed by atoms with van der Waals surface area (Å²) in [4.78, 5) is 32.5. The number of ether oxygens (including phenoxy) is 1. The molecule has 180 valence electrons. The fourth-order valence-corrected chi connectivity index (χ4v) is 4.94. The molecule has 0 aliphatic carbocycles. The summed E-state index contributed by atoms with van der Waals surface area (Å²) in [5.41, 5.74) is 1.35. The van der Waals surface area contributed by atoms with Gasteiger partial charge in [0, 0.05) is 41.6 Å². The lowest BCUT2D eigenvalue weighted by Gasteiger charge is -2.28. The van der Waals surface area contributed by atoms with Crippen LogP contribution in [-0.2, 0) is 22.6 Å². The van der Waals surface area contributed by atoms with Crippen molar-refractivity contribution < 1.29 is 14.3 Å². The van der Waals surface area contributed by atoms with E-state index in [-0.39, 0.29) is 23.4 Å². The van der Waals surface area contributed by atoms with Crippen LogP contribution in [0.4, 0.5) is 0 Å². The molecule has 2 amide bonds. The molecule has 1 aromatic heterocycles. The third-order valence-electron chi connectivity index (χ3n) is 5.26. The lowest BCUT2D eigenvalue weighted by Crippen LogP contribution is -2.43. The topological polar surface area (TPSA) is 49.9 Å². The molecule has 3 rings (SSSR count). The summed E-state index contributed by atoms with van der Waals surface area (Å²) in [5, 5.41) is 0.709. The number of methoxy groups -OCH3 is 1. The van der Waals surface area contributed by atoms with Crippen molar-refractivity contribution in [2.75, 3.05) is 26.8 Å². The number of carbonyl (C=O) groups is 2. The van der Waals surface area contributed by atoms with Crippen LogP contribution >= 0.6 is 34.5 Å². The lowest BCUT2D eigenvalue weighted by molar-refractivity contribution is -0.133. The number of hydrogen-bond donors (Lipinski definition) is 0. The third kappa shape index (κ3) is 7.57. The van der Waals surface area contributed by atoms with Gasteiger partial charge in [0.25, 0.3) is 5.91 Å². The molecule has 0 radical (unpaired) electrons. The van der Waals surface area contributed by atoms with E-state index >= 15 is 0 Å². The van der Waals surface area contributed by atoms with Crippen molar-refractivity contribution in [1.29, 1.82) is 0 Å². The highest BCUT2D eigenvalue weighted by molar-refractivity contribution is 7.11. The predicted octanol–water partition coefficient (Wildman–Crippen LogP) is 6.07. The molecule has 0 atom stereocenters. The summed E-state index contributed by atoms with van der Waals surface area (Å²) in [6.45, 7) is 3.78. The van der Waals surface area contributed by atoms with E-state index < -0.39 is 0 Å². The average Bonchev–Trinajstić information content (AvgIpc) is 3.23. The van der Waals surface area contributed by atoms with Gasteiger partial charge >= 0.3 is 0 Å². The van der Waals surface area contributed by atoms with Crippen molar-refractivity contribution >= 4 is 46.4 Å². The van der Waals surface area contributed by atoms with Crippen molar-refractivity contribution in [3.8, 4) is 0 Å². The molecule has 3 aromatic rings. The van der Waals surface area contributed by atoms with E-state index in [1.54, 1.807) is 35.5 Å². The van der Waals surface area contributed by atoms with Crippen LogP contribution in [0, 0.1) is 6.92 Å². The molecule has 0 saturated heterocycles. The minimum Gasteiger partial charge on any atom is -0.385 e. The molecule has 34 heavy (non-hydrogen) atoms. The maximum atomic E-state index is 13.5. The van der Waals surface area contributed by atoms with Crippen LogP contribution in [0.15, 0.2) is 60.7 Å². The Kier molecular flexibility index (Phi) is 9.96. The van der Waals surface area contributed by atoms with Crippen molar-refractivity contribution in [3.63, 3.8) is 0 Å².